The molecule has 2 aromatic heterocycles. The summed E-state index contributed by atoms with van der Waals surface area (Å²) in [5, 5.41) is 8.89. The van der Waals surface area contributed by atoms with Crippen molar-refractivity contribution in [2.75, 3.05) is 5.32 Å². The number of amides is 1. The molecule has 2 heterocycles. The van der Waals surface area contributed by atoms with Gasteiger partial charge in [-0.3, -0.25) is 4.79 Å². The van der Waals surface area contributed by atoms with E-state index >= 15 is 0 Å². The van der Waals surface area contributed by atoms with E-state index in [4.69, 9.17) is 4.52 Å². The fourth-order valence-electron chi connectivity index (χ4n) is 2.43. The minimum atomic E-state index is -0.0000476. The van der Waals surface area contributed by atoms with Gasteiger partial charge in [0.25, 0.3) is 0 Å². The Labute approximate surface area is 144 Å². The van der Waals surface area contributed by atoms with Gasteiger partial charge in [-0.05, 0) is 43.3 Å². The summed E-state index contributed by atoms with van der Waals surface area (Å²) < 4.78 is 5.23. The molecular weight excluding hydrogens is 322 g/mol. The highest BCUT2D eigenvalue weighted by Crippen LogP contribution is 2.21. The standard InChI is InChI=1S/C18H19N3O2S/c1-12-8-9-14(13(2)11-12)19-16(22)6-3-7-17-20-18(21-23-17)15-5-4-10-24-15/h4-5,8-11H,3,6-7H2,1-2H3,(H,19,22). The van der Waals surface area contributed by atoms with Crippen molar-refractivity contribution in [3.8, 4) is 10.7 Å². The van der Waals surface area contributed by atoms with E-state index in [-0.39, 0.29) is 5.91 Å². The molecule has 0 aliphatic carbocycles. The molecule has 1 amide bonds. The lowest BCUT2D eigenvalue weighted by Gasteiger charge is -2.08. The molecule has 0 spiro atoms. The van der Waals surface area contributed by atoms with Crippen LogP contribution in [0, 0.1) is 13.8 Å². The van der Waals surface area contributed by atoms with Gasteiger partial charge in [0.05, 0.1) is 4.88 Å². The van der Waals surface area contributed by atoms with Gasteiger partial charge >= 0.3 is 0 Å². The van der Waals surface area contributed by atoms with Crippen LogP contribution in [0.25, 0.3) is 10.7 Å². The number of anilines is 1. The van der Waals surface area contributed by atoms with E-state index in [0.717, 1.165) is 16.1 Å². The van der Waals surface area contributed by atoms with Crippen LogP contribution in [0.3, 0.4) is 0 Å². The molecule has 3 rings (SSSR count). The van der Waals surface area contributed by atoms with E-state index in [1.807, 2.05) is 43.5 Å². The molecule has 0 saturated carbocycles. The molecule has 0 aliphatic heterocycles. The number of hydrogen-bond donors (Lipinski definition) is 1. The number of hydrogen-bond acceptors (Lipinski definition) is 5. The van der Waals surface area contributed by atoms with E-state index in [1.54, 1.807) is 11.3 Å². The van der Waals surface area contributed by atoms with Gasteiger partial charge in [0, 0.05) is 18.5 Å². The normalized spacial score (nSPS) is 10.8. The van der Waals surface area contributed by atoms with Gasteiger partial charge in [-0.25, -0.2) is 0 Å². The molecule has 124 valence electrons. The first-order chi connectivity index (χ1) is 11.6. The molecule has 6 heteroatoms. The van der Waals surface area contributed by atoms with Crippen molar-refractivity contribution < 1.29 is 9.32 Å². The molecular formula is C18H19N3O2S. The highest BCUT2D eigenvalue weighted by Gasteiger charge is 2.10. The first-order valence-electron chi connectivity index (χ1n) is 7.85. The van der Waals surface area contributed by atoms with Crippen molar-refractivity contribution in [1.29, 1.82) is 0 Å². The van der Waals surface area contributed by atoms with Crippen LogP contribution >= 0.6 is 11.3 Å². The monoisotopic (exact) mass is 341 g/mol. The Hall–Kier alpha value is -2.47. The zero-order valence-electron chi connectivity index (χ0n) is 13.7. The third-order valence-electron chi connectivity index (χ3n) is 3.66. The summed E-state index contributed by atoms with van der Waals surface area (Å²) in [5.74, 6) is 1.18. The Morgan fingerprint density at radius 3 is 2.92 bits per heavy atom. The number of benzene rings is 1. The molecule has 0 fully saturated rings. The van der Waals surface area contributed by atoms with Gasteiger partial charge in [0.2, 0.25) is 17.6 Å². The number of aromatic nitrogens is 2. The minimum Gasteiger partial charge on any atom is -0.339 e. The van der Waals surface area contributed by atoms with E-state index < -0.39 is 0 Å². The lowest BCUT2D eigenvalue weighted by molar-refractivity contribution is -0.116. The summed E-state index contributed by atoms with van der Waals surface area (Å²) in [6.07, 6.45) is 1.69. The van der Waals surface area contributed by atoms with Crippen LogP contribution in [0.5, 0.6) is 0 Å². The SMILES string of the molecule is Cc1ccc(NC(=O)CCCc2nc(-c3cccs3)no2)c(C)c1. The molecule has 24 heavy (non-hydrogen) atoms. The van der Waals surface area contributed by atoms with Gasteiger partial charge < -0.3 is 9.84 Å². The number of thiophene rings is 1. The van der Waals surface area contributed by atoms with Crippen LogP contribution in [0.2, 0.25) is 0 Å². The first kappa shape index (κ1) is 16.4. The second-order valence-corrected chi connectivity index (χ2v) is 6.66. The summed E-state index contributed by atoms with van der Waals surface area (Å²) in [6, 6.07) is 9.89. The third-order valence-corrected chi connectivity index (χ3v) is 4.53. The smallest absolute Gasteiger partial charge is 0.226 e. The predicted octanol–water partition coefficient (Wildman–Crippen LogP) is 4.38. The Morgan fingerprint density at radius 2 is 2.17 bits per heavy atom. The quantitative estimate of drug-likeness (QED) is 0.722. The van der Waals surface area contributed by atoms with Crippen molar-refractivity contribution in [2.24, 2.45) is 0 Å². The Morgan fingerprint density at radius 1 is 1.29 bits per heavy atom. The number of nitrogens with one attached hydrogen (secondary N) is 1. The average molecular weight is 341 g/mol. The zero-order chi connectivity index (χ0) is 16.9. The topological polar surface area (TPSA) is 68.0 Å². The van der Waals surface area contributed by atoms with Gasteiger partial charge in [-0.2, -0.15) is 4.98 Å². The van der Waals surface area contributed by atoms with Gasteiger partial charge in [0.1, 0.15) is 0 Å². The number of rotatable bonds is 6. The van der Waals surface area contributed by atoms with Gasteiger partial charge in [-0.1, -0.05) is 28.9 Å². The lowest BCUT2D eigenvalue weighted by Crippen LogP contribution is -2.12. The molecule has 5 nitrogen and oxygen atoms in total. The molecule has 1 N–H and O–H groups in total. The zero-order valence-corrected chi connectivity index (χ0v) is 14.5. The second-order valence-electron chi connectivity index (χ2n) is 5.71. The largest absolute Gasteiger partial charge is 0.339 e. The molecule has 0 aliphatic rings. The second kappa shape index (κ2) is 7.40. The van der Waals surface area contributed by atoms with Crippen molar-refractivity contribution in [2.45, 2.75) is 33.1 Å². The molecule has 0 atom stereocenters. The molecule has 0 bridgehead atoms. The Bertz CT molecular complexity index is 825. The maximum absolute atomic E-state index is 12.1. The number of carbonyl (C=O) groups excluding carboxylic acids is 1. The molecule has 0 unspecified atom stereocenters. The summed E-state index contributed by atoms with van der Waals surface area (Å²) in [6.45, 7) is 4.03. The van der Waals surface area contributed by atoms with E-state index in [0.29, 0.717) is 31.0 Å². The predicted molar refractivity (Wildman–Crippen MR) is 95.1 cm³/mol. The van der Waals surface area contributed by atoms with Crippen molar-refractivity contribution in [3.63, 3.8) is 0 Å². The van der Waals surface area contributed by atoms with E-state index in [2.05, 4.69) is 21.5 Å². The summed E-state index contributed by atoms with van der Waals surface area (Å²) in [5.41, 5.74) is 3.12. The fourth-order valence-corrected chi connectivity index (χ4v) is 3.08. The van der Waals surface area contributed by atoms with E-state index in [9.17, 15) is 4.79 Å². The van der Waals surface area contributed by atoms with Crippen LogP contribution in [0.1, 0.15) is 29.9 Å². The summed E-state index contributed by atoms with van der Waals surface area (Å²) in [7, 11) is 0. The van der Waals surface area contributed by atoms with Gasteiger partial charge in [0.15, 0.2) is 0 Å². The van der Waals surface area contributed by atoms with Crippen LogP contribution in [0.4, 0.5) is 5.69 Å². The van der Waals surface area contributed by atoms with Crippen LogP contribution in [-0.2, 0) is 11.2 Å². The highest BCUT2D eigenvalue weighted by atomic mass is 32.1. The number of carbonyl (C=O) groups is 1. The van der Waals surface area contributed by atoms with Crippen LogP contribution in [0.15, 0.2) is 40.2 Å². The fraction of sp³-hybridized carbons (Fsp3) is 0.278. The molecule has 0 radical (unpaired) electrons. The lowest BCUT2D eigenvalue weighted by atomic mass is 10.1. The minimum absolute atomic E-state index is 0.0000476. The average Bonchev–Trinajstić information content (AvgIpc) is 3.21. The third kappa shape index (κ3) is 4.08. The molecule has 3 aromatic rings. The number of aryl methyl sites for hydroxylation is 3. The van der Waals surface area contributed by atoms with Crippen LogP contribution in [-0.4, -0.2) is 16.0 Å². The maximum atomic E-state index is 12.1. The van der Waals surface area contributed by atoms with Crippen LogP contribution < -0.4 is 5.32 Å². The Balaban J connectivity index is 1.48. The Kier molecular flexibility index (Phi) is 5.05. The van der Waals surface area contributed by atoms with E-state index in [1.165, 1.54) is 5.56 Å². The van der Waals surface area contributed by atoms with Gasteiger partial charge in [-0.15, -0.1) is 11.3 Å². The maximum Gasteiger partial charge on any atom is 0.226 e. The molecule has 0 saturated heterocycles. The van der Waals surface area contributed by atoms with Crippen molar-refractivity contribution in [1.82, 2.24) is 10.1 Å². The first-order valence-corrected chi connectivity index (χ1v) is 8.73. The highest BCUT2D eigenvalue weighted by molar-refractivity contribution is 7.13. The summed E-state index contributed by atoms with van der Waals surface area (Å²) >= 11 is 1.57. The van der Waals surface area contributed by atoms with Crippen molar-refractivity contribution >= 4 is 22.9 Å². The number of nitrogens with zero attached hydrogens (tertiary/aromatic N) is 2. The summed E-state index contributed by atoms with van der Waals surface area (Å²) in [4.78, 5) is 17.4. The van der Waals surface area contributed by atoms with Crippen molar-refractivity contribution in [3.05, 3.63) is 52.7 Å². The molecule has 1 aromatic carbocycles.